The minimum Gasteiger partial charge on any atom is -0.385 e. The van der Waals surface area contributed by atoms with Gasteiger partial charge in [-0.1, -0.05) is 32.0 Å². The molecule has 1 saturated carbocycles. The van der Waals surface area contributed by atoms with Crippen molar-refractivity contribution in [3.05, 3.63) is 29.8 Å². The van der Waals surface area contributed by atoms with E-state index in [9.17, 15) is 0 Å². The smallest absolute Gasteiger partial charge is 0.0372 e. The lowest BCUT2D eigenvalue weighted by Crippen LogP contribution is -2.33. The first-order valence-corrected chi connectivity index (χ1v) is 7.54. The lowest BCUT2D eigenvalue weighted by Gasteiger charge is -2.39. The van der Waals surface area contributed by atoms with Crippen LogP contribution >= 0.6 is 0 Å². The SMILES string of the molecule is CC1CC(C)CC(C2CNc3ccccc3C2)C1. The summed E-state index contributed by atoms with van der Waals surface area (Å²) in [6, 6.07) is 8.83. The van der Waals surface area contributed by atoms with Crippen LogP contribution in [0.1, 0.15) is 38.7 Å². The van der Waals surface area contributed by atoms with E-state index in [0.29, 0.717) is 0 Å². The number of nitrogens with one attached hydrogen (secondary N) is 1. The van der Waals surface area contributed by atoms with Crippen molar-refractivity contribution >= 4 is 5.69 Å². The van der Waals surface area contributed by atoms with Gasteiger partial charge in [0.05, 0.1) is 0 Å². The van der Waals surface area contributed by atoms with Gasteiger partial charge in [-0.3, -0.25) is 0 Å². The molecule has 1 aliphatic carbocycles. The molecule has 98 valence electrons. The van der Waals surface area contributed by atoms with Crippen LogP contribution in [0.2, 0.25) is 0 Å². The molecule has 1 N–H and O–H groups in total. The van der Waals surface area contributed by atoms with Crippen LogP contribution in [0.5, 0.6) is 0 Å². The first-order valence-electron chi connectivity index (χ1n) is 7.54. The van der Waals surface area contributed by atoms with Gasteiger partial charge in [-0.2, -0.15) is 0 Å². The summed E-state index contributed by atoms with van der Waals surface area (Å²) in [5, 5.41) is 3.64. The van der Waals surface area contributed by atoms with Gasteiger partial charge < -0.3 is 5.32 Å². The van der Waals surface area contributed by atoms with Crippen LogP contribution in [-0.2, 0) is 6.42 Å². The van der Waals surface area contributed by atoms with Crippen LogP contribution in [0.15, 0.2) is 24.3 Å². The van der Waals surface area contributed by atoms with Crippen LogP contribution in [0, 0.1) is 23.7 Å². The Kier molecular flexibility index (Phi) is 3.32. The monoisotopic (exact) mass is 243 g/mol. The molecular weight excluding hydrogens is 218 g/mol. The Bertz CT molecular complexity index is 402. The lowest BCUT2D eigenvalue weighted by atomic mass is 9.69. The molecule has 0 aromatic heterocycles. The number of hydrogen-bond donors (Lipinski definition) is 1. The maximum Gasteiger partial charge on any atom is 0.0372 e. The zero-order valence-corrected chi connectivity index (χ0v) is 11.7. The molecule has 0 saturated heterocycles. The van der Waals surface area contributed by atoms with Gasteiger partial charge in [0.1, 0.15) is 0 Å². The molecule has 1 nitrogen and oxygen atoms in total. The molecule has 0 amide bonds. The minimum absolute atomic E-state index is 0.852. The molecule has 0 bridgehead atoms. The zero-order chi connectivity index (χ0) is 12.5. The Labute approximate surface area is 111 Å². The van der Waals surface area contributed by atoms with Crippen LogP contribution in [0.25, 0.3) is 0 Å². The fourth-order valence-electron chi connectivity index (χ4n) is 4.19. The summed E-state index contributed by atoms with van der Waals surface area (Å²) in [5.41, 5.74) is 2.89. The largest absolute Gasteiger partial charge is 0.385 e. The summed E-state index contributed by atoms with van der Waals surface area (Å²) in [4.78, 5) is 0. The summed E-state index contributed by atoms with van der Waals surface area (Å²) in [6.07, 6.45) is 5.61. The van der Waals surface area contributed by atoms with Crippen LogP contribution in [-0.4, -0.2) is 6.54 Å². The molecule has 3 unspecified atom stereocenters. The van der Waals surface area contributed by atoms with E-state index in [1.165, 1.54) is 43.5 Å². The highest BCUT2D eigenvalue weighted by molar-refractivity contribution is 5.53. The van der Waals surface area contributed by atoms with E-state index in [0.717, 1.165) is 23.7 Å². The van der Waals surface area contributed by atoms with E-state index in [1.807, 2.05) is 0 Å². The first-order chi connectivity index (χ1) is 8.72. The molecule has 1 heterocycles. The van der Waals surface area contributed by atoms with Crippen molar-refractivity contribution in [2.24, 2.45) is 23.7 Å². The molecule has 1 aromatic carbocycles. The highest BCUT2D eigenvalue weighted by Gasteiger charge is 2.31. The Hall–Kier alpha value is -0.980. The van der Waals surface area contributed by atoms with E-state index in [4.69, 9.17) is 0 Å². The molecule has 18 heavy (non-hydrogen) atoms. The Morgan fingerprint density at radius 3 is 2.44 bits per heavy atom. The number of para-hydroxylation sites is 1. The Morgan fingerprint density at radius 1 is 0.944 bits per heavy atom. The zero-order valence-electron chi connectivity index (χ0n) is 11.7. The Balaban J connectivity index is 1.72. The molecule has 0 radical (unpaired) electrons. The topological polar surface area (TPSA) is 12.0 Å². The van der Waals surface area contributed by atoms with E-state index in [-0.39, 0.29) is 0 Å². The van der Waals surface area contributed by atoms with Gasteiger partial charge in [-0.25, -0.2) is 0 Å². The highest BCUT2D eigenvalue weighted by Crippen LogP contribution is 2.40. The number of rotatable bonds is 1. The minimum atomic E-state index is 0.852. The third-order valence-electron chi connectivity index (χ3n) is 4.94. The normalized spacial score (nSPS) is 35.7. The van der Waals surface area contributed by atoms with E-state index < -0.39 is 0 Å². The van der Waals surface area contributed by atoms with Crippen LogP contribution in [0.4, 0.5) is 5.69 Å². The second-order valence-corrected chi connectivity index (χ2v) is 6.68. The summed E-state index contributed by atoms with van der Waals surface area (Å²) in [6.45, 7) is 6.06. The number of hydrogen-bond acceptors (Lipinski definition) is 1. The van der Waals surface area contributed by atoms with Gasteiger partial charge in [-0.05, 0) is 61.0 Å². The van der Waals surface area contributed by atoms with Crippen molar-refractivity contribution < 1.29 is 0 Å². The summed E-state index contributed by atoms with van der Waals surface area (Å²) < 4.78 is 0. The maximum atomic E-state index is 3.64. The summed E-state index contributed by atoms with van der Waals surface area (Å²) >= 11 is 0. The van der Waals surface area contributed by atoms with Crippen molar-refractivity contribution in [1.82, 2.24) is 0 Å². The molecule has 3 rings (SSSR count). The van der Waals surface area contributed by atoms with Crippen molar-refractivity contribution in [1.29, 1.82) is 0 Å². The van der Waals surface area contributed by atoms with Gasteiger partial charge in [0.2, 0.25) is 0 Å². The third-order valence-corrected chi connectivity index (χ3v) is 4.94. The predicted molar refractivity (Wildman–Crippen MR) is 77.8 cm³/mol. The van der Waals surface area contributed by atoms with Crippen molar-refractivity contribution in [2.45, 2.75) is 39.5 Å². The van der Waals surface area contributed by atoms with Gasteiger partial charge in [0, 0.05) is 12.2 Å². The van der Waals surface area contributed by atoms with Gasteiger partial charge in [-0.15, -0.1) is 0 Å². The second-order valence-electron chi connectivity index (χ2n) is 6.68. The van der Waals surface area contributed by atoms with Crippen LogP contribution in [0.3, 0.4) is 0 Å². The van der Waals surface area contributed by atoms with Crippen molar-refractivity contribution in [3.8, 4) is 0 Å². The summed E-state index contributed by atoms with van der Waals surface area (Å²) in [5.74, 6) is 3.64. The standard InChI is InChI=1S/C17H25N/c1-12-7-13(2)9-15(8-12)16-10-14-5-3-4-6-17(14)18-11-16/h3-6,12-13,15-16,18H,7-11H2,1-2H3. The molecule has 0 spiro atoms. The molecule has 1 heteroatoms. The van der Waals surface area contributed by atoms with Crippen molar-refractivity contribution in [3.63, 3.8) is 0 Å². The Morgan fingerprint density at radius 2 is 1.67 bits per heavy atom. The molecule has 3 atom stereocenters. The second kappa shape index (κ2) is 4.95. The summed E-state index contributed by atoms with van der Waals surface area (Å²) in [7, 11) is 0. The van der Waals surface area contributed by atoms with Gasteiger partial charge >= 0.3 is 0 Å². The third kappa shape index (κ3) is 2.41. The average molecular weight is 243 g/mol. The van der Waals surface area contributed by atoms with Crippen LogP contribution < -0.4 is 5.32 Å². The molecular formula is C17H25N. The van der Waals surface area contributed by atoms with Gasteiger partial charge in [0.15, 0.2) is 0 Å². The number of fused-ring (bicyclic) bond motifs is 1. The van der Waals surface area contributed by atoms with E-state index >= 15 is 0 Å². The quantitative estimate of drug-likeness (QED) is 0.773. The average Bonchev–Trinajstić information content (AvgIpc) is 2.37. The van der Waals surface area contributed by atoms with Gasteiger partial charge in [0.25, 0.3) is 0 Å². The van der Waals surface area contributed by atoms with E-state index in [1.54, 1.807) is 0 Å². The molecule has 2 aliphatic rings. The predicted octanol–water partition coefficient (Wildman–Crippen LogP) is 4.34. The molecule has 1 aromatic rings. The molecule has 1 aliphatic heterocycles. The molecule has 1 fully saturated rings. The fraction of sp³-hybridized carbons (Fsp3) is 0.647. The maximum absolute atomic E-state index is 3.64. The fourth-order valence-corrected chi connectivity index (χ4v) is 4.19. The lowest BCUT2D eigenvalue weighted by molar-refractivity contribution is 0.163. The number of anilines is 1. The number of benzene rings is 1. The van der Waals surface area contributed by atoms with E-state index in [2.05, 4.69) is 43.4 Å². The van der Waals surface area contributed by atoms with Crippen molar-refractivity contribution in [2.75, 3.05) is 11.9 Å². The first kappa shape index (κ1) is 12.1. The highest BCUT2D eigenvalue weighted by atomic mass is 14.9.